The highest BCUT2D eigenvalue weighted by Crippen LogP contribution is 2.48. The Morgan fingerprint density at radius 3 is 1.08 bits per heavy atom. The molecule has 0 aliphatic rings. The SMILES string of the molecule is C=CCOc1c(Cl)cc(C(C)(C)c2cc(Cl)c(OC(CC)(CC)CCCOc3c(Cl)cc(C(C)(C)c4cc(Cl)c(OC(CC)(CC)CC=C)c(Cl)c4)cc3Cl)c(Cl)c2)cc1Cl. The molecule has 4 nitrogen and oxygen atoms in total. The Bertz CT molecular complexity index is 2100. The van der Waals surface area contributed by atoms with Crippen molar-refractivity contribution >= 4 is 92.8 Å². The van der Waals surface area contributed by atoms with Crippen molar-refractivity contribution in [1.82, 2.24) is 0 Å². The van der Waals surface area contributed by atoms with E-state index in [-0.39, 0.29) is 6.61 Å². The van der Waals surface area contributed by atoms with E-state index in [1.54, 1.807) is 6.08 Å². The fraction of sp³-hybridized carbons (Fsp3) is 0.429. The van der Waals surface area contributed by atoms with Crippen molar-refractivity contribution in [2.24, 2.45) is 0 Å². The zero-order chi connectivity index (χ0) is 45.5. The third kappa shape index (κ3) is 11.8. The first-order chi connectivity index (χ1) is 28.7. The molecular formula is C49H56Cl8O4. The summed E-state index contributed by atoms with van der Waals surface area (Å²) in [5, 5.41) is 3.23. The van der Waals surface area contributed by atoms with Crippen molar-refractivity contribution in [3.63, 3.8) is 0 Å². The summed E-state index contributed by atoms with van der Waals surface area (Å²) in [6.45, 7) is 24.8. The minimum absolute atomic E-state index is 0.283. The third-order valence-corrected chi connectivity index (χ3v) is 14.2. The van der Waals surface area contributed by atoms with Crippen LogP contribution in [-0.4, -0.2) is 24.4 Å². The van der Waals surface area contributed by atoms with E-state index in [0.29, 0.717) is 102 Å². The molecule has 0 amide bonds. The average molecular weight is 993 g/mol. The predicted molar refractivity (Wildman–Crippen MR) is 263 cm³/mol. The first-order valence-corrected chi connectivity index (χ1v) is 23.5. The minimum Gasteiger partial charge on any atom is -0.490 e. The molecule has 0 aliphatic heterocycles. The fourth-order valence-electron chi connectivity index (χ4n) is 7.42. The van der Waals surface area contributed by atoms with Crippen LogP contribution in [0.15, 0.2) is 73.8 Å². The minimum atomic E-state index is -0.575. The highest BCUT2D eigenvalue weighted by Gasteiger charge is 2.34. The number of hydrogen-bond acceptors (Lipinski definition) is 4. The second kappa shape index (κ2) is 21.7. The second-order valence-corrected chi connectivity index (χ2v) is 19.6. The molecule has 0 fully saturated rings. The van der Waals surface area contributed by atoms with Crippen molar-refractivity contribution < 1.29 is 18.9 Å². The van der Waals surface area contributed by atoms with Gasteiger partial charge in [0.25, 0.3) is 0 Å². The van der Waals surface area contributed by atoms with E-state index in [0.717, 1.165) is 35.1 Å². The van der Waals surface area contributed by atoms with E-state index in [1.807, 2.05) is 68.5 Å². The van der Waals surface area contributed by atoms with Crippen LogP contribution in [0.4, 0.5) is 0 Å². The summed E-state index contributed by atoms with van der Waals surface area (Å²) in [6, 6.07) is 15.0. The molecule has 4 aromatic carbocycles. The van der Waals surface area contributed by atoms with E-state index >= 15 is 0 Å². The van der Waals surface area contributed by atoms with Crippen LogP contribution < -0.4 is 18.9 Å². The fourth-order valence-corrected chi connectivity index (χ4v) is 9.74. The summed E-state index contributed by atoms with van der Waals surface area (Å²) < 4.78 is 25.1. The summed E-state index contributed by atoms with van der Waals surface area (Å²) in [7, 11) is 0. The molecular weight excluding hydrogens is 936 g/mol. The van der Waals surface area contributed by atoms with Gasteiger partial charge in [0.2, 0.25) is 0 Å². The van der Waals surface area contributed by atoms with Gasteiger partial charge in [0.1, 0.15) is 17.8 Å². The van der Waals surface area contributed by atoms with Crippen molar-refractivity contribution in [1.29, 1.82) is 0 Å². The number of ether oxygens (including phenoxy) is 4. The monoisotopic (exact) mass is 988 g/mol. The van der Waals surface area contributed by atoms with E-state index in [9.17, 15) is 0 Å². The standard InChI is InChI=1S/C49H56Cl8O4/c1-11-18-48(13-3,14-4)60-44-38(54)26-32(27-39(44)55)47(9,10)31-24-36(52)43(37(53)25-31)59-21-17-19-49(15-5,16-6)61-45-40(56)28-33(29-41(45)57)46(7,8)30-22-34(50)42(35(51)23-30)58-20-12-2/h11-12,22-29H,1-2,13-21H2,3-10H3. The maximum absolute atomic E-state index is 6.95. The lowest BCUT2D eigenvalue weighted by Gasteiger charge is -2.34. The summed E-state index contributed by atoms with van der Waals surface area (Å²) in [5.41, 5.74) is 1.32. The second-order valence-electron chi connectivity index (χ2n) is 16.4. The third-order valence-electron chi connectivity index (χ3n) is 12.0. The van der Waals surface area contributed by atoms with Gasteiger partial charge in [0.15, 0.2) is 23.0 Å². The number of benzene rings is 4. The average Bonchev–Trinajstić information content (AvgIpc) is 3.21. The van der Waals surface area contributed by atoms with E-state index in [1.165, 1.54) is 0 Å². The lowest BCUT2D eigenvalue weighted by Crippen LogP contribution is -2.35. The number of hydrogen-bond donors (Lipinski definition) is 0. The van der Waals surface area contributed by atoms with Crippen molar-refractivity contribution in [2.75, 3.05) is 13.2 Å². The Morgan fingerprint density at radius 2 is 0.770 bits per heavy atom. The van der Waals surface area contributed by atoms with Crippen LogP contribution in [0.25, 0.3) is 0 Å². The summed E-state index contributed by atoms with van der Waals surface area (Å²) >= 11 is 54.5. The topological polar surface area (TPSA) is 36.9 Å². The maximum atomic E-state index is 6.95. The van der Waals surface area contributed by atoms with Crippen molar-refractivity contribution in [3.8, 4) is 23.0 Å². The van der Waals surface area contributed by atoms with Crippen LogP contribution in [0.1, 0.15) is 123 Å². The molecule has 0 spiro atoms. The Balaban J connectivity index is 1.48. The first kappa shape index (κ1) is 51.5. The summed E-state index contributed by atoms with van der Waals surface area (Å²) in [6.07, 6.45) is 8.45. The predicted octanol–water partition coefficient (Wildman–Crippen LogP) is 18.4. The summed E-state index contributed by atoms with van der Waals surface area (Å²) in [5.74, 6) is 1.70. The Morgan fingerprint density at radius 1 is 0.459 bits per heavy atom. The zero-order valence-electron chi connectivity index (χ0n) is 36.2. The van der Waals surface area contributed by atoms with Gasteiger partial charge in [0.05, 0.1) is 46.8 Å². The molecule has 0 aliphatic carbocycles. The van der Waals surface area contributed by atoms with Crippen LogP contribution in [-0.2, 0) is 10.8 Å². The molecule has 4 aromatic rings. The van der Waals surface area contributed by atoms with Gasteiger partial charge in [-0.2, -0.15) is 0 Å². The summed E-state index contributed by atoms with van der Waals surface area (Å²) in [4.78, 5) is 0. The van der Waals surface area contributed by atoms with Crippen LogP contribution in [0.5, 0.6) is 23.0 Å². The molecule has 332 valence electrons. The molecule has 61 heavy (non-hydrogen) atoms. The van der Waals surface area contributed by atoms with Gasteiger partial charge in [-0.25, -0.2) is 0 Å². The maximum Gasteiger partial charge on any atom is 0.157 e. The van der Waals surface area contributed by atoms with Gasteiger partial charge in [-0.05, 0) is 109 Å². The quantitative estimate of drug-likeness (QED) is 0.0581. The molecule has 4 rings (SSSR count). The van der Waals surface area contributed by atoms with E-state index in [4.69, 9.17) is 112 Å². The van der Waals surface area contributed by atoms with Gasteiger partial charge in [0, 0.05) is 17.3 Å². The molecule has 0 aromatic heterocycles. The van der Waals surface area contributed by atoms with Gasteiger partial charge < -0.3 is 18.9 Å². The zero-order valence-corrected chi connectivity index (χ0v) is 42.3. The first-order valence-electron chi connectivity index (χ1n) is 20.5. The van der Waals surface area contributed by atoms with Gasteiger partial charge >= 0.3 is 0 Å². The Hall–Kier alpha value is -2.12. The normalized spacial score (nSPS) is 12.3. The molecule has 0 N–H and O–H groups in total. The molecule has 0 radical (unpaired) electrons. The number of halogens is 8. The molecule has 0 saturated carbocycles. The lowest BCUT2D eigenvalue weighted by molar-refractivity contribution is 0.0452. The van der Waals surface area contributed by atoms with Crippen LogP contribution in [0, 0.1) is 0 Å². The Labute approximate surface area is 403 Å². The van der Waals surface area contributed by atoms with Gasteiger partial charge in [-0.15, -0.1) is 6.58 Å². The lowest BCUT2D eigenvalue weighted by atomic mass is 9.78. The van der Waals surface area contributed by atoms with Crippen molar-refractivity contribution in [3.05, 3.63) is 136 Å². The molecule has 0 bridgehead atoms. The smallest absolute Gasteiger partial charge is 0.157 e. The van der Waals surface area contributed by atoms with E-state index < -0.39 is 22.0 Å². The molecule has 12 heteroatoms. The highest BCUT2D eigenvalue weighted by atomic mass is 35.5. The van der Waals surface area contributed by atoms with Gasteiger partial charge in [-0.1, -0.05) is 167 Å². The van der Waals surface area contributed by atoms with Crippen LogP contribution >= 0.6 is 92.8 Å². The molecule has 0 heterocycles. The highest BCUT2D eigenvalue weighted by molar-refractivity contribution is 6.39. The van der Waals surface area contributed by atoms with Gasteiger partial charge in [-0.3, -0.25) is 0 Å². The van der Waals surface area contributed by atoms with E-state index in [2.05, 4.69) is 54.7 Å². The van der Waals surface area contributed by atoms with Crippen molar-refractivity contribution in [2.45, 2.75) is 122 Å². The molecule has 0 saturated heterocycles. The molecule has 0 atom stereocenters. The Kier molecular flexibility index (Phi) is 18.3. The largest absolute Gasteiger partial charge is 0.490 e. The van der Waals surface area contributed by atoms with Crippen LogP contribution in [0.2, 0.25) is 40.2 Å². The number of rotatable bonds is 22. The molecule has 0 unspecified atom stereocenters. The van der Waals surface area contributed by atoms with Crippen LogP contribution in [0.3, 0.4) is 0 Å².